The molecule has 0 heterocycles. The lowest BCUT2D eigenvalue weighted by molar-refractivity contribution is -0.132. The van der Waals surface area contributed by atoms with Gasteiger partial charge in [-0.1, -0.05) is 54.1 Å². The second-order valence-corrected chi connectivity index (χ2v) is 5.78. The highest BCUT2D eigenvalue weighted by molar-refractivity contribution is 6.14. The van der Waals surface area contributed by atoms with Gasteiger partial charge >= 0.3 is 5.97 Å². The molecule has 0 fully saturated rings. The van der Waals surface area contributed by atoms with E-state index in [-0.39, 0.29) is 5.57 Å². The SMILES string of the molecule is C/C(C(=O)O)=C(/C1=CC(O)c2ccccc21)c1ccc(C)cc1. The van der Waals surface area contributed by atoms with Gasteiger partial charge in [0.05, 0.1) is 6.10 Å². The Morgan fingerprint density at radius 2 is 1.70 bits per heavy atom. The smallest absolute Gasteiger partial charge is 0.331 e. The monoisotopic (exact) mass is 306 g/mol. The third-order valence-corrected chi connectivity index (χ3v) is 4.20. The quantitative estimate of drug-likeness (QED) is 0.843. The van der Waals surface area contributed by atoms with Crippen molar-refractivity contribution in [1.82, 2.24) is 0 Å². The van der Waals surface area contributed by atoms with Crippen molar-refractivity contribution in [2.24, 2.45) is 0 Å². The fourth-order valence-electron chi connectivity index (χ4n) is 2.96. The number of aliphatic carboxylic acids is 1. The van der Waals surface area contributed by atoms with Gasteiger partial charge in [-0.25, -0.2) is 4.79 Å². The predicted octanol–water partition coefficient (Wildman–Crippen LogP) is 3.98. The normalized spacial score (nSPS) is 17.3. The molecule has 0 radical (unpaired) electrons. The van der Waals surface area contributed by atoms with Crippen molar-refractivity contribution < 1.29 is 15.0 Å². The highest BCUT2D eigenvalue weighted by atomic mass is 16.4. The largest absolute Gasteiger partial charge is 0.478 e. The second-order valence-electron chi connectivity index (χ2n) is 5.78. The number of carboxylic acid groups (broad SMARTS) is 1. The summed E-state index contributed by atoms with van der Waals surface area (Å²) in [6, 6.07) is 15.3. The lowest BCUT2D eigenvalue weighted by Crippen LogP contribution is -2.02. The Bertz CT molecular complexity index is 826. The van der Waals surface area contributed by atoms with Gasteiger partial charge in [0.25, 0.3) is 0 Å². The summed E-state index contributed by atoms with van der Waals surface area (Å²) in [5, 5.41) is 19.8. The van der Waals surface area contributed by atoms with Crippen molar-refractivity contribution in [1.29, 1.82) is 0 Å². The average molecular weight is 306 g/mol. The number of rotatable bonds is 3. The van der Waals surface area contributed by atoms with E-state index >= 15 is 0 Å². The molecule has 1 unspecified atom stereocenters. The molecule has 3 rings (SSSR count). The number of hydrogen-bond acceptors (Lipinski definition) is 2. The minimum absolute atomic E-state index is 0.268. The number of allylic oxidation sites excluding steroid dienone is 2. The first-order chi connectivity index (χ1) is 11.0. The van der Waals surface area contributed by atoms with E-state index in [9.17, 15) is 15.0 Å². The van der Waals surface area contributed by atoms with E-state index in [4.69, 9.17) is 0 Å². The van der Waals surface area contributed by atoms with Crippen LogP contribution in [0.5, 0.6) is 0 Å². The lowest BCUT2D eigenvalue weighted by atomic mass is 9.89. The molecule has 1 aliphatic rings. The van der Waals surface area contributed by atoms with E-state index in [0.29, 0.717) is 5.57 Å². The number of aliphatic hydroxyl groups is 1. The first-order valence-electron chi connectivity index (χ1n) is 7.50. The van der Waals surface area contributed by atoms with Crippen LogP contribution in [0, 0.1) is 6.92 Å². The predicted molar refractivity (Wildman–Crippen MR) is 90.8 cm³/mol. The standard InChI is InChI=1S/C20H18O3/c1-12-7-9-14(10-8-12)19(13(2)20(22)23)17-11-18(21)16-6-4-3-5-15(16)17/h3-11,18,21H,1-2H3,(H,22,23)/b19-13-. The summed E-state index contributed by atoms with van der Waals surface area (Å²) in [7, 11) is 0. The Kier molecular flexibility index (Phi) is 3.89. The Balaban J connectivity index is 2.23. The summed E-state index contributed by atoms with van der Waals surface area (Å²) >= 11 is 0. The van der Waals surface area contributed by atoms with Crippen molar-refractivity contribution in [2.45, 2.75) is 20.0 Å². The van der Waals surface area contributed by atoms with E-state index in [0.717, 1.165) is 27.8 Å². The zero-order valence-electron chi connectivity index (χ0n) is 13.1. The van der Waals surface area contributed by atoms with Crippen LogP contribution in [0.15, 0.2) is 60.2 Å². The van der Waals surface area contributed by atoms with Crippen molar-refractivity contribution in [2.75, 3.05) is 0 Å². The Labute approximate surface area is 135 Å². The fourth-order valence-corrected chi connectivity index (χ4v) is 2.96. The van der Waals surface area contributed by atoms with Crippen LogP contribution < -0.4 is 0 Å². The zero-order valence-corrected chi connectivity index (χ0v) is 13.1. The zero-order chi connectivity index (χ0) is 16.6. The van der Waals surface area contributed by atoms with Gasteiger partial charge in [-0.3, -0.25) is 0 Å². The first-order valence-corrected chi connectivity index (χ1v) is 7.50. The van der Waals surface area contributed by atoms with Crippen LogP contribution >= 0.6 is 0 Å². The van der Waals surface area contributed by atoms with Gasteiger partial charge in [0, 0.05) is 5.57 Å². The highest BCUT2D eigenvalue weighted by Gasteiger charge is 2.26. The summed E-state index contributed by atoms with van der Waals surface area (Å²) in [6.45, 7) is 3.59. The summed E-state index contributed by atoms with van der Waals surface area (Å²) in [6.07, 6.45) is 1.02. The maximum absolute atomic E-state index is 11.6. The van der Waals surface area contributed by atoms with E-state index in [2.05, 4.69) is 0 Å². The van der Waals surface area contributed by atoms with Crippen molar-refractivity contribution in [3.63, 3.8) is 0 Å². The molecule has 0 bridgehead atoms. The molecule has 3 heteroatoms. The van der Waals surface area contributed by atoms with Crippen LogP contribution in [0.3, 0.4) is 0 Å². The molecule has 1 aliphatic carbocycles. The number of carbonyl (C=O) groups is 1. The molecule has 3 nitrogen and oxygen atoms in total. The molecule has 0 spiro atoms. The number of benzene rings is 2. The topological polar surface area (TPSA) is 57.5 Å². The van der Waals surface area contributed by atoms with Gasteiger partial charge in [-0.15, -0.1) is 0 Å². The van der Waals surface area contributed by atoms with Gasteiger partial charge in [-0.05, 0) is 47.8 Å². The lowest BCUT2D eigenvalue weighted by Gasteiger charge is -2.14. The molecular formula is C20H18O3. The van der Waals surface area contributed by atoms with Gasteiger partial charge < -0.3 is 10.2 Å². The summed E-state index contributed by atoms with van der Waals surface area (Å²) in [4.78, 5) is 11.6. The number of aryl methyl sites for hydroxylation is 1. The van der Waals surface area contributed by atoms with Crippen LogP contribution in [0.1, 0.15) is 35.3 Å². The van der Waals surface area contributed by atoms with Crippen LogP contribution in [0.2, 0.25) is 0 Å². The van der Waals surface area contributed by atoms with E-state index in [1.54, 1.807) is 13.0 Å². The summed E-state index contributed by atoms with van der Waals surface area (Å²) in [5.41, 5.74) is 5.34. The van der Waals surface area contributed by atoms with Crippen molar-refractivity contribution >= 4 is 17.1 Å². The average Bonchev–Trinajstić information content (AvgIpc) is 2.87. The van der Waals surface area contributed by atoms with Crippen molar-refractivity contribution in [3.05, 3.63) is 82.4 Å². The second kappa shape index (κ2) is 5.86. The molecule has 0 saturated carbocycles. The molecule has 0 saturated heterocycles. The van der Waals surface area contributed by atoms with Gasteiger partial charge in [-0.2, -0.15) is 0 Å². The van der Waals surface area contributed by atoms with Crippen LogP contribution in [-0.2, 0) is 4.79 Å². The fraction of sp³-hybridized carbons (Fsp3) is 0.150. The number of aliphatic hydroxyl groups excluding tert-OH is 1. The number of fused-ring (bicyclic) bond motifs is 1. The van der Waals surface area contributed by atoms with E-state index in [1.807, 2.05) is 55.5 Å². The molecule has 0 amide bonds. The Morgan fingerprint density at radius 3 is 2.35 bits per heavy atom. The van der Waals surface area contributed by atoms with Gasteiger partial charge in [0.1, 0.15) is 0 Å². The summed E-state index contributed by atoms with van der Waals surface area (Å²) < 4.78 is 0. The molecule has 2 aromatic rings. The van der Waals surface area contributed by atoms with E-state index < -0.39 is 12.1 Å². The molecule has 2 aromatic carbocycles. The third-order valence-electron chi connectivity index (χ3n) is 4.20. The minimum Gasteiger partial charge on any atom is -0.478 e. The van der Waals surface area contributed by atoms with Crippen LogP contribution in [0.4, 0.5) is 0 Å². The maximum atomic E-state index is 11.6. The molecule has 116 valence electrons. The number of carboxylic acids is 1. The van der Waals surface area contributed by atoms with Crippen molar-refractivity contribution in [3.8, 4) is 0 Å². The Hall–Kier alpha value is -2.65. The number of hydrogen-bond donors (Lipinski definition) is 2. The Morgan fingerprint density at radius 1 is 1.04 bits per heavy atom. The van der Waals surface area contributed by atoms with Crippen LogP contribution in [0.25, 0.3) is 11.1 Å². The van der Waals surface area contributed by atoms with Gasteiger partial charge in [0.2, 0.25) is 0 Å². The molecule has 1 atom stereocenters. The first kappa shape index (κ1) is 15.3. The molecule has 23 heavy (non-hydrogen) atoms. The summed E-state index contributed by atoms with van der Waals surface area (Å²) in [5.74, 6) is -0.958. The molecule has 0 aromatic heterocycles. The van der Waals surface area contributed by atoms with E-state index in [1.165, 1.54) is 0 Å². The third kappa shape index (κ3) is 2.71. The molecular weight excluding hydrogens is 288 g/mol. The molecule has 0 aliphatic heterocycles. The minimum atomic E-state index is -0.958. The van der Waals surface area contributed by atoms with Gasteiger partial charge in [0.15, 0.2) is 0 Å². The highest BCUT2D eigenvalue weighted by Crippen LogP contribution is 2.43. The molecule has 2 N–H and O–H groups in total. The van der Waals surface area contributed by atoms with Crippen LogP contribution in [-0.4, -0.2) is 16.2 Å². The maximum Gasteiger partial charge on any atom is 0.331 e.